The van der Waals surface area contributed by atoms with Crippen LogP contribution < -0.4 is 15.7 Å². The number of aromatic amines is 1. The van der Waals surface area contributed by atoms with E-state index in [4.69, 9.17) is 4.74 Å². The van der Waals surface area contributed by atoms with Crippen molar-refractivity contribution in [1.29, 1.82) is 0 Å². The molecule has 2 aromatic rings. The summed E-state index contributed by atoms with van der Waals surface area (Å²) in [5.41, 5.74) is 0.964. The first kappa shape index (κ1) is 17.5. The van der Waals surface area contributed by atoms with Crippen LogP contribution in [0.4, 0.5) is 0 Å². The number of ether oxygens (including phenoxy) is 1. The summed E-state index contributed by atoms with van der Waals surface area (Å²) in [5, 5.41) is 3.28. The standard InChI is InChI=1S/C22H25N3O3/c26-19(25-22-10-14-6-15(11-22)8-16(7-14)12-22)13-28-20-9-18(23-21(27)24-20)17-4-2-1-3-5-17/h1-5,9,14-16H,6-8,10-13H2,(H,25,26)(H,23,24,27). The van der Waals surface area contributed by atoms with Crippen LogP contribution in [-0.2, 0) is 4.79 Å². The summed E-state index contributed by atoms with van der Waals surface area (Å²) in [6.45, 7) is -0.119. The fraction of sp³-hybridized carbons (Fsp3) is 0.500. The molecule has 1 heterocycles. The van der Waals surface area contributed by atoms with E-state index in [1.807, 2.05) is 30.3 Å². The van der Waals surface area contributed by atoms with Crippen LogP contribution in [0.15, 0.2) is 41.2 Å². The average Bonchev–Trinajstić information content (AvgIpc) is 2.65. The quantitative estimate of drug-likeness (QED) is 0.837. The van der Waals surface area contributed by atoms with Gasteiger partial charge < -0.3 is 15.0 Å². The SMILES string of the molecule is O=C(COc1cc(-c2ccccc2)[nH]c(=O)n1)NC12CC3CC(CC(C3)C1)C2. The first-order valence-corrected chi connectivity index (χ1v) is 10.2. The van der Waals surface area contributed by atoms with Gasteiger partial charge in [0.1, 0.15) is 0 Å². The van der Waals surface area contributed by atoms with Crippen LogP contribution >= 0.6 is 0 Å². The fourth-order valence-electron chi connectivity index (χ4n) is 6.02. The van der Waals surface area contributed by atoms with E-state index in [-0.39, 0.29) is 23.9 Å². The van der Waals surface area contributed by atoms with E-state index in [2.05, 4.69) is 15.3 Å². The molecular formula is C22H25N3O3. The molecule has 28 heavy (non-hydrogen) atoms. The molecule has 4 bridgehead atoms. The highest BCUT2D eigenvalue weighted by Crippen LogP contribution is 2.55. The summed E-state index contributed by atoms with van der Waals surface area (Å²) in [6.07, 6.45) is 7.32. The second-order valence-corrected chi connectivity index (χ2v) is 8.84. The summed E-state index contributed by atoms with van der Waals surface area (Å²) in [4.78, 5) is 31.0. The number of nitrogens with zero attached hydrogens (tertiary/aromatic N) is 1. The van der Waals surface area contributed by atoms with Gasteiger partial charge in [-0.2, -0.15) is 4.98 Å². The Kier molecular flexibility index (Phi) is 4.22. The van der Waals surface area contributed by atoms with E-state index in [9.17, 15) is 9.59 Å². The molecule has 0 aliphatic heterocycles. The van der Waals surface area contributed by atoms with Crippen LogP contribution in [0.2, 0.25) is 0 Å². The summed E-state index contributed by atoms with van der Waals surface area (Å²) in [6, 6.07) is 11.2. The van der Waals surface area contributed by atoms with Gasteiger partial charge in [0.25, 0.3) is 5.91 Å². The second kappa shape index (κ2) is 6.76. The highest BCUT2D eigenvalue weighted by Gasteiger charge is 2.51. The maximum absolute atomic E-state index is 12.6. The van der Waals surface area contributed by atoms with Crippen molar-refractivity contribution in [1.82, 2.24) is 15.3 Å². The van der Waals surface area contributed by atoms with Gasteiger partial charge in [-0.05, 0) is 61.8 Å². The minimum absolute atomic E-state index is 0.0357. The number of nitrogens with one attached hydrogen (secondary N) is 2. The normalized spacial score (nSPS) is 30.2. The number of carbonyl (C=O) groups is 1. The fourth-order valence-corrected chi connectivity index (χ4v) is 6.02. The van der Waals surface area contributed by atoms with Gasteiger partial charge in [-0.25, -0.2) is 4.79 Å². The molecule has 0 saturated heterocycles. The molecule has 0 atom stereocenters. The van der Waals surface area contributed by atoms with E-state index in [1.54, 1.807) is 6.07 Å². The Balaban J connectivity index is 1.25. The lowest BCUT2D eigenvalue weighted by molar-refractivity contribution is -0.128. The van der Waals surface area contributed by atoms with Crippen LogP contribution in [0.25, 0.3) is 11.3 Å². The van der Waals surface area contributed by atoms with E-state index in [0.29, 0.717) is 5.69 Å². The number of hydrogen-bond acceptors (Lipinski definition) is 4. The number of rotatable bonds is 5. The largest absolute Gasteiger partial charge is 0.467 e. The molecule has 6 heteroatoms. The van der Waals surface area contributed by atoms with Crippen molar-refractivity contribution in [3.63, 3.8) is 0 Å². The van der Waals surface area contributed by atoms with Crippen molar-refractivity contribution in [2.75, 3.05) is 6.61 Å². The number of aromatic nitrogens is 2. The molecular weight excluding hydrogens is 354 g/mol. The van der Waals surface area contributed by atoms with Crippen LogP contribution in [0.1, 0.15) is 38.5 Å². The number of amides is 1. The summed E-state index contributed by atoms with van der Waals surface area (Å²) < 4.78 is 5.58. The summed E-state index contributed by atoms with van der Waals surface area (Å²) in [7, 11) is 0. The first-order chi connectivity index (χ1) is 13.6. The average molecular weight is 379 g/mol. The zero-order valence-electron chi connectivity index (χ0n) is 15.8. The molecule has 4 saturated carbocycles. The lowest BCUT2D eigenvalue weighted by Crippen LogP contribution is -2.60. The number of carbonyl (C=O) groups excluding carboxylic acids is 1. The molecule has 6 rings (SSSR count). The molecule has 0 radical (unpaired) electrons. The van der Waals surface area contributed by atoms with Gasteiger partial charge in [-0.1, -0.05) is 30.3 Å². The minimum atomic E-state index is -0.488. The van der Waals surface area contributed by atoms with Crippen molar-refractivity contribution in [3.05, 3.63) is 46.9 Å². The van der Waals surface area contributed by atoms with Crippen molar-refractivity contribution < 1.29 is 9.53 Å². The maximum atomic E-state index is 12.6. The summed E-state index contributed by atoms with van der Waals surface area (Å²) in [5.74, 6) is 2.37. The molecule has 1 amide bonds. The van der Waals surface area contributed by atoms with Gasteiger partial charge in [0.15, 0.2) is 6.61 Å². The molecule has 4 aliphatic carbocycles. The van der Waals surface area contributed by atoms with Crippen molar-refractivity contribution in [2.24, 2.45) is 17.8 Å². The highest BCUT2D eigenvalue weighted by atomic mass is 16.5. The Morgan fingerprint density at radius 2 is 1.75 bits per heavy atom. The van der Waals surface area contributed by atoms with Gasteiger partial charge in [0.05, 0.1) is 5.69 Å². The maximum Gasteiger partial charge on any atom is 0.348 e. The first-order valence-electron chi connectivity index (χ1n) is 10.2. The Hall–Kier alpha value is -2.63. The molecule has 0 spiro atoms. The molecule has 1 aromatic heterocycles. The van der Waals surface area contributed by atoms with E-state index in [0.717, 1.165) is 42.6 Å². The number of benzene rings is 1. The topological polar surface area (TPSA) is 84.1 Å². The molecule has 146 valence electrons. The van der Waals surface area contributed by atoms with Crippen LogP contribution in [0.5, 0.6) is 5.88 Å². The third-order valence-electron chi connectivity index (χ3n) is 6.60. The molecule has 4 aliphatic rings. The van der Waals surface area contributed by atoms with Crippen molar-refractivity contribution >= 4 is 5.91 Å². The molecule has 0 unspecified atom stereocenters. The number of hydrogen-bond donors (Lipinski definition) is 2. The van der Waals surface area contributed by atoms with E-state index >= 15 is 0 Å². The third-order valence-corrected chi connectivity index (χ3v) is 6.60. The molecule has 2 N–H and O–H groups in total. The number of H-pyrrole nitrogens is 1. The zero-order valence-corrected chi connectivity index (χ0v) is 15.8. The van der Waals surface area contributed by atoms with Gasteiger partial charge in [-0.3, -0.25) is 4.79 Å². The smallest absolute Gasteiger partial charge is 0.348 e. The molecule has 1 aromatic carbocycles. The van der Waals surface area contributed by atoms with Crippen molar-refractivity contribution in [2.45, 2.75) is 44.1 Å². The van der Waals surface area contributed by atoms with Crippen LogP contribution in [-0.4, -0.2) is 28.0 Å². The Morgan fingerprint density at radius 1 is 1.11 bits per heavy atom. The van der Waals surface area contributed by atoms with E-state index in [1.165, 1.54) is 19.3 Å². The highest BCUT2D eigenvalue weighted by molar-refractivity contribution is 5.78. The lowest BCUT2D eigenvalue weighted by atomic mass is 9.53. The van der Waals surface area contributed by atoms with E-state index < -0.39 is 5.69 Å². The Bertz CT molecular complexity index is 902. The Labute approximate surface area is 163 Å². The lowest BCUT2D eigenvalue weighted by Gasteiger charge is -2.56. The summed E-state index contributed by atoms with van der Waals surface area (Å²) >= 11 is 0. The van der Waals surface area contributed by atoms with Gasteiger partial charge in [0.2, 0.25) is 5.88 Å². The predicted octanol–water partition coefficient (Wildman–Crippen LogP) is 2.90. The zero-order chi connectivity index (χ0) is 19.1. The van der Waals surface area contributed by atoms with Crippen LogP contribution in [0, 0.1) is 17.8 Å². The molecule has 6 nitrogen and oxygen atoms in total. The van der Waals surface area contributed by atoms with Gasteiger partial charge >= 0.3 is 5.69 Å². The van der Waals surface area contributed by atoms with Gasteiger partial charge in [0, 0.05) is 11.6 Å². The minimum Gasteiger partial charge on any atom is -0.467 e. The van der Waals surface area contributed by atoms with Crippen molar-refractivity contribution in [3.8, 4) is 17.1 Å². The third kappa shape index (κ3) is 3.43. The van der Waals surface area contributed by atoms with Crippen LogP contribution in [0.3, 0.4) is 0 Å². The second-order valence-electron chi connectivity index (χ2n) is 8.84. The monoisotopic (exact) mass is 379 g/mol. The molecule has 4 fully saturated rings. The van der Waals surface area contributed by atoms with Gasteiger partial charge in [-0.15, -0.1) is 0 Å². The predicted molar refractivity (Wildman–Crippen MR) is 105 cm³/mol. The Morgan fingerprint density at radius 3 is 2.39 bits per heavy atom.